The summed E-state index contributed by atoms with van der Waals surface area (Å²) in [5, 5.41) is 0. The van der Waals surface area contributed by atoms with E-state index in [1.165, 1.54) is 0 Å². The zero-order chi connectivity index (χ0) is 11.5. The summed E-state index contributed by atoms with van der Waals surface area (Å²) in [5.41, 5.74) is -0.145. The molecule has 0 amide bonds. The Bertz CT molecular complexity index is 224. The lowest BCUT2D eigenvalue weighted by atomic mass is 9.88. The molecule has 1 heterocycles. The van der Waals surface area contributed by atoms with E-state index in [9.17, 15) is 4.79 Å². The van der Waals surface area contributed by atoms with Gasteiger partial charge in [0.1, 0.15) is 13.2 Å². The Labute approximate surface area is 92.0 Å². The summed E-state index contributed by atoms with van der Waals surface area (Å²) >= 11 is 0. The van der Waals surface area contributed by atoms with E-state index in [2.05, 4.69) is 26.6 Å². The lowest BCUT2D eigenvalue weighted by Gasteiger charge is -2.36. The highest BCUT2D eigenvalue weighted by Crippen LogP contribution is 2.28. The predicted octanol–water partition coefficient (Wildman–Crippen LogP) is 2.40. The molecule has 0 aliphatic carbocycles. The van der Waals surface area contributed by atoms with E-state index in [-0.39, 0.29) is 5.41 Å². The molecule has 0 aromatic heterocycles. The van der Waals surface area contributed by atoms with Crippen molar-refractivity contribution >= 4 is 14.5 Å². The standard InChI is InChI=1S/C10H20O4Si/c1-5-10(8-14-15(2,3)4)6-12-9(11)13-7-10/h5-8H2,1-4H3. The SMILES string of the molecule is CCC1(CO[Si](C)(C)C)COC(=O)OC1. The number of hydrogen-bond acceptors (Lipinski definition) is 4. The molecule has 1 fully saturated rings. The minimum absolute atomic E-state index is 0.145. The third kappa shape index (κ3) is 3.83. The van der Waals surface area contributed by atoms with Gasteiger partial charge in [-0.3, -0.25) is 0 Å². The first-order chi connectivity index (χ1) is 6.87. The molecule has 4 nitrogen and oxygen atoms in total. The Morgan fingerprint density at radius 2 is 1.87 bits per heavy atom. The van der Waals surface area contributed by atoms with Gasteiger partial charge in [-0.25, -0.2) is 4.79 Å². The zero-order valence-electron chi connectivity index (χ0n) is 9.96. The molecule has 0 aromatic rings. The van der Waals surface area contributed by atoms with Gasteiger partial charge in [0.15, 0.2) is 8.32 Å². The van der Waals surface area contributed by atoms with Gasteiger partial charge in [0.25, 0.3) is 0 Å². The summed E-state index contributed by atoms with van der Waals surface area (Å²) in [4.78, 5) is 10.8. The summed E-state index contributed by atoms with van der Waals surface area (Å²) in [7, 11) is -1.52. The van der Waals surface area contributed by atoms with Gasteiger partial charge in [0.05, 0.1) is 5.41 Å². The van der Waals surface area contributed by atoms with Crippen LogP contribution in [-0.2, 0) is 13.9 Å². The maximum absolute atomic E-state index is 10.8. The molecule has 0 spiro atoms. The van der Waals surface area contributed by atoms with Crippen LogP contribution in [0.3, 0.4) is 0 Å². The molecule has 15 heavy (non-hydrogen) atoms. The predicted molar refractivity (Wildman–Crippen MR) is 59.3 cm³/mol. The number of cyclic esters (lactones) is 2. The molecule has 1 saturated heterocycles. The van der Waals surface area contributed by atoms with Crippen LogP contribution >= 0.6 is 0 Å². The number of ether oxygens (including phenoxy) is 2. The molecule has 0 bridgehead atoms. The van der Waals surface area contributed by atoms with Gasteiger partial charge < -0.3 is 13.9 Å². The molecule has 0 unspecified atom stereocenters. The van der Waals surface area contributed by atoms with E-state index >= 15 is 0 Å². The number of carbonyl (C=O) groups excluding carboxylic acids is 1. The molecule has 1 aliphatic rings. The maximum Gasteiger partial charge on any atom is 0.508 e. The summed E-state index contributed by atoms with van der Waals surface area (Å²) in [6.07, 6.45) is 0.331. The van der Waals surface area contributed by atoms with Crippen LogP contribution in [0, 0.1) is 5.41 Å². The Kier molecular flexibility index (Phi) is 3.78. The van der Waals surface area contributed by atoms with Crippen molar-refractivity contribution in [1.82, 2.24) is 0 Å². The smallest absolute Gasteiger partial charge is 0.433 e. The number of carbonyl (C=O) groups is 1. The fourth-order valence-electron chi connectivity index (χ4n) is 1.27. The molecule has 0 atom stereocenters. The van der Waals surface area contributed by atoms with Crippen LogP contribution in [0.15, 0.2) is 0 Å². The van der Waals surface area contributed by atoms with E-state index in [0.717, 1.165) is 6.42 Å². The molecule has 88 valence electrons. The summed E-state index contributed by atoms with van der Waals surface area (Å²) in [6, 6.07) is 0. The second-order valence-electron chi connectivity index (χ2n) is 5.08. The number of rotatable bonds is 4. The van der Waals surface area contributed by atoms with Crippen LogP contribution in [0.25, 0.3) is 0 Å². The largest absolute Gasteiger partial charge is 0.508 e. The molecule has 0 saturated carbocycles. The zero-order valence-corrected chi connectivity index (χ0v) is 11.0. The average Bonchev–Trinajstić information content (AvgIpc) is 2.17. The maximum atomic E-state index is 10.8. The van der Waals surface area contributed by atoms with Crippen molar-refractivity contribution in [2.24, 2.45) is 5.41 Å². The Morgan fingerprint density at radius 1 is 1.33 bits per heavy atom. The van der Waals surface area contributed by atoms with Crippen LogP contribution in [0.4, 0.5) is 4.79 Å². The molecule has 1 rings (SSSR count). The van der Waals surface area contributed by atoms with Gasteiger partial charge >= 0.3 is 6.16 Å². The van der Waals surface area contributed by atoms with E-state index < -0.39 is 14.5 Å². The second-order valence-corrected chi connectivity index (χ2v) is 9.60. The van der Waals surface area contributed by atoms with Crippen molar-refractivity contribution in [3.8, 4) is 0 Å². The Hall–Kier alpha value is -0.553. The van der Waals surface area contributed by atoms with Crippen molar-refractivity contribution in [3.63, 3.8) is 0 Å². The fourth-order valence-corrected chi connectivity index (χ4v) is 2.01. The lowest BCUT2D eigenvalue weighted by molar-refractivity contribution is -0.0786. The summed E-state index contributed by atoms with van der Waals surface area (Å²) in [5.74, 6) is 0. The van der Waals surface area contributed by atoms with E-state index in [1.807, 2.05) is 0 Å². The fraction of sp³-hybridized carbons (Fsp3) is 0.900. The lowest BCUT2D eigenvalue weighted by Crippen LogP contribution is -2.45. The summed E-state index contributed by atoms with van der Waals surface area (Å²) < 4.78 is 15.7. The van der Waals surface area contributed by atoms with Gasteiger partial charge in [-0.2, -0.15) is 0 Å². The highest BCUT2D eigenvalue weighted by molar-refractivity contribution is 6.69. The Balaban J connectivity index is 2.50. The highest BCUT2D eigenvalue weighted by Gasteiger charge is 2.37. The molecule has 0 aromatic carbocycles. The number of hydrogen-bond donors (Lipinski definition) is 0. The molecule has 5 heteroatoms. The van der Waals surface area contributed by atoms with Crippen molar-refractivity contribution in [1.29, 1.82) is 0 Å². The summed E-state index contributed by atoms with van der Waals surface area (Å²) in [6.45, 7) is 9.94. The van der Waals surface area contributed by atoms with Crippen LogP contribution < -0.4 is 0 Å². The minimum atomic E-state index is -1.52. The van der Waals surface area contributed by atoms with Gasteiger partial charge in [0.2, 0.25) is 0 Å². The van der Waals surface area contributed by atoms with E-state index in [4.69, 9.17) is 13.9 Å². The quantitative estimate of drug-likeness (QED) is 0.551. The van der Waals surface area contributed by atoms with Crippen LogP contribution in [0.5, 0.6) is 0 Å². The molecular formula is C10H20O4Si. The normalized spacial score (nSPS) is 20.7. The molecule has 0 radical (unpaired) electrons. The van der Waals surface area contributed by atoms with Gasteiger partial charge in [-0.15, -0.1) is 0 Å². The van der Waals surface area contributed by atoms with Crippen LogP contribution in [0.1, 0.15) is 13.3 Å². The monoisotopic (exact) mass is 232 g/mol. The van der Waals surface area contributed by atoms with Crippen molar-refractivity contribution in [2.45, 2.75) is 33.0 Å². The first-order valence-electron chi connectivity index (χ1n) is 5.30. The van der Waals surface area contributed by atoms with Crippen LogP contribution in [0.2, 0.25) is 19.6 Å². The van der Waals surface area contributed by atoms with Crippen molar-refractivity contribution in [2.75, 3.05) is 19.8 Å². The third-order valence-electron chi connectivity index (χ3n) is 2.55. The highest BCUT2D eigenvalue weighted by atomic mass is 28.4. The molecule has 1 aliphatic heterocycles. The van der Waals surface area contributed by atoms with Gasteiger partial charge in [-0.1, -0.05) is 6.92 Å². The van der Waals surface area contributed by atoms with E-state index in [1.54, 1.807) is 0 Å². The van der Waals surface area contributed by atoms with Gasteiger partial charge in [-0.05, 0) is 26.1 Å². The molecule has 0 N–H and O–H groups in total. The van der Waals surface area contributed by atoms with E-state index in [0.29, 0.717) is 19.8 Å². The Morgan fingerprint density at radius 3 is 2.27 bits per heavy atom. The van der Waals surface area contributed by atoms with Gasteiger partial charge in [0, 0.05) is 6.61 Å². The first-order valence-corrected chi connectivity index (χ1v) is 8.71. The second kappa shape index (κ2) is 4.53. The third-order valence-corrected chi connectivity index (χ3v) is 3.56. The topological polar surface area (TPSA) is 44.8 Å². The first kappa shape index (κ1) is 12.5. The van der Waals surface area contributed by atoms with Crippen molar-refractivity contribution in [3.05, 3.63) is 0 Å². The average molecular weight is 232 g/mol. The minimum Gasteiger partial charge on any atom is -0.433 e. The van der Waals surface area contributed by atoms with Crippen LogP contribution in [-0.4, -0.2) is 34.3 Å². The molecular weight excluding hydrogens is 212 g/mol. The van der Waals surface area contributed by atoms with Crippen molar-refractivity contribution < 1.29 is 18.7 Å².